The number of imide groups is 1. The SMILES string of the molecule is COc1ccccc1/C=C1/SC(=O)N(CN(C)C)C1=O. The summed E-state index contributed by atoms with van der Waals surface area (Å²) in [5.74, 6) is 0.409. The third-order valence-corrected chi connectivity index (χ3v) is 3.63. The highest BCUT2D eigenvalue weighted by molar-refractivity contribution is 8.18. The van der Waals surface area contributed by atoms with Crippen molar-refractivity contribution in [1.82, 2.24) is 9.80 Å². The van der Waals surface area contributed by atoms with Crippen LogP contribution in [-0.4, -0.2) is 48.8 Å². The maximum Gasteiger partial charge on any atom is 0.294 e. The van der Waals surface area contributed by atoms with E-state index in [1.165, 1.54) is 4.90 Å². The van der Waals surface area contributed by atoms with Crippen LogP contribution in [-0.2, 0) is 4.79 Å². The highest BCUT2D eigenvalue weighted by Crippen LogP contribution is 2.33. The first-order valence-electron chi connectivity index (χ1n) is 6.06. The van der Waals surface area contributed by atoms with E-state index in [1.54, 1.807) is 18.1 Å². The van der Waals surface area contributed by atoms with Gasteiger partial charge in [0, 0.05) is 5.56 Å². The van der Waals surface area contributed by atoms with Gasteiger partial charge in [-0.05, 0) is 38.0 Å². The molecule has 5 nitrogen and oxygen atoms in total. The number of methoxy groups -OCH3 is 1. The summed E-state index contributed by atoms with van der Waals surface area (Å²) in [4.78, 5) is 27.5. The highest BCUT2D eigenvalue weighted by atomic mass is 32.2. The first-order chi connectivity index (χ1) is 9.52. The molecule has 0 unspecified atom stereocenters. The van der Waals surface area contributed by atoms with E-state index in [1.807, 2.05) is 38.4 Å². The van der Waals surface area contributed by atoms with Gasteiger partial charge in [0.2, 0.25) is 0 Å². The summed E-state index contributed by atoms with van der Waals surface area (Å²) in [5.41, 5.74) is 0.783. The molecule has 1 aromatic carbocycles. The standard InChI is InChI=1S/C14H16N2O3S/c1-15(2)9-16-13(17)12(20-14(16)18)8-10-6-4-5-7-11(10)19-3/h4-8H,9H2,1-3H3/b12-8+. The van der Waals surface area contributed by atoms with Gasteiger partial charge in [0.05, 0.1) is 18.7 Å². The summed E-state index contributed by atoms with van der Waals surface area (Å²) in [6.45, 7) is 0.286. The van der Waals surface area contributed by atoms with Crippen LogP contribution in [0.3, 0.4) is 0 Å². The Bertz CT molecular complexity index is 569. The second-order valence-electron chi connectivity index (χ2n) is 4.57. The molecule has 1 fully saturated rings. The minimum Gasteiger partial charge on any atom is -0.496 e. The number of carbonyl (C=O) groups excluding carboxylic acids is 2. The Kier molecular flexibility index (Phi) is 4.46. The molecule has 2 amide bonds. The van der Waals surface area contributed by atoms with Crippen LogP contribution in [0.4, 0.5) is 4.79 Å². The van der Waals surface area contributed by atoms with Gasteiger partial charge < -0.3 is 4.74 Å². The number of thioether (sulfide) groups is 1. The molecule has 0 N–H and O–H groups in total. The van der Waals surface area contributed by atoms with Crippen molar-refractivity contribution in [3.63, 3.8) is 0 Å². The molecule has 20 heavy (non-hydrogen) atoms. The first-order valence-corrected chi connectivity index (χ1v) is 6.87. The van der Waals surface area contributed by atoms with Crippen LogP contribution in [0.5, 0.6) is 5.75 Å². The molecular formula is C14H16N2O3S. The zero-order valence-electron chi connectivity index (χ0n) is 11.6. The highest BCUT2D eigenvalue weighted by Gasteiger charge is 2.35. The molecule has 6 heteroatoms. The quantitative estimate of drug-likeness (QED) is 0.797. The maximum atomic E-state index is 12.2. The molecule has 0 saturated carbocycles. The van der Waals surface area contributed by atoms with Crippen molar-refractivity contribution < 1.29 is 14.3 Å². The van der Waals surface area contributed by atoms with Gasteiger partial charge in [-0.25, -0.2) is 0 Å². The third-order valence-electron chi connectivity index (χ3n) is 2.72. The molecule has 0 aliphatic carbocycles. The van der Waals surface area contributed by atoms with Gasteiger partial charge in [-0.15, -0.1) is 0 Å². The summed E-state index contributed by atoms with van der Waals surface area (Å²) in [6, 6.07) is 7.38. The number of hydrogen-bond acceptors (Lipinski definition) is 5. The average Bonchev–Trinajstić information content (AvgIpc) is 2.67. The Morgan fingerprint density at radius 1 is 1.30 bits per heavy atom. The largest absolute Gasteiger partial charge is 0.496 e. The van der Waals surface area contributed by atoms with Crippen LogP contribution < -0.4 is 4.74 Å². The lowest BCUT2D eigenvalue weighted by Gasteiger charge is -2.17. The fourth-order valence-electron chi connectivity index (χ4n) is 1.83. The Morgan fingerprint density at radius 3 is 2.65 bits per heavy atom. The van der Waals surface area contributed by atoms with Crippen molar-refractivity contribution >= 4 is 29.0 Å². The zero-order chi connectivity index (χ0) is 14.7. The van der Waals surface area contributed by atoms with E-state index in [0.717, 1.165) is 17.3 Å². The number of hydrogen-bond donors (Lipinski definition) is 0. The zero-order valence-corrected chi connectivity index (χ0v) is 12.4. The summed E-state index contributed by atoms with van der Waals surface area (Å²) < 4.78 is 5.24. The molecule has 0 radical (unpaired) electrons. The molecule has 1 saturated heterocycles. The Labute approximate surface area is 122 Å². The number of carbonyl (C=O) groups is 2. The first kappa shape index (κ1) is 14.6. The topological polar surface area (TPSA) is 49.9 Å². The van der Waals surface area contributed by atoms with E-state index in [-0.39, 0.29) is 17.8 Å². The average molecular weight is 292 g/mol. The maximum absolute atomic E-state index is 12.2. The second kappa shape index (κ2) is 6.11. The van der Waals surface area contributed by atoms with E-state index < -0.39 is 0 Å². The second-order valence-corrected chi connectivity index (χ2v) is 5.57. The molecule has 106 valence electrons. The third kappa shape index (κ3) is 3.02. The molecular weight excluding hydrogens is 276 g/mol. The number of para-hydroxylation sites is 1. The van der Waals surface area contributed by atoms with Crippen molar-refractivity contribution in [3.05, 3.63) is 34.7 Å². The Morgan fingerprint density at radius 2 is 2.00 bits per heavy atom. The van der Waals surface area contributed by atoms with Gasteiger partial charge in [0.1, 0.15) is 5.75 Å². The minimum atomic E-state index is -0.264. The van der Waals surface area contributed by atoms with E-state index in [0.29, 0.717) is 10.7 Å². The van der Waals surface area contributed by atoms with Gasteiger partial charge in [-0.2, -0.15) is 0 Å². The summed E-state index contributed by atoms with van der Waals surface area (Å²) in [5, 5.41) is -0.246. The molecule has 0 spiro atoms. The van der Waals surface area contributed by atoms with Crippen LogP contribution in [0, 0.1) is 0 Å². The van der Waals surface area contributed by atoms with Gasteiger partial charge in [-0.1, -0.05) is 18.2 Å². The smallest absolute Gasteiger partial charge is 0.294 e. The summed E-state index contributed by atoms with van der Waals surface area (Å²) >= 11 is 0.954. The van der Waals surface area contributed by atoms with Crippen molar-refractivity contribution in [2.45, 2.75) is 0 Å². The van der Waals surface area contributed by atoms with Gasteiger partial charge in [0.25, 0.3) is 11.1 Å². The van der Waals surface area contributed by atoms with Crippen LogP contribution >= 0.6 is 11.8 Å². The monoisotopic (exact) mass is 292 g/mol. The van der Waals surface area contributed by atoms with Crippen LogP contribution in [0.2, 0.25) is 0 Å². The lowest BCUT2D eigenvalue weighted by atomic mass is 10.2. The fraction of sp³-hybridized carbons (Fsp3) is 0.286. The molecule has 2 rings (SSSR count). The minimum absolute atomic E-state index is 0.246. The van der Waals surface area contributed by atoms with Crippen LogP contribution in [0.1, 0.15) is 5.56 Å². The lowest BCUT2D eigenvalue weighted by molar-refractivity contribution is -0.123. The lowest BCUT2D eigenvalue weighted by Crippen LogP contribution is -2.36. The number of benzene rings is 1. The molecule has 0 aromatic heterocycles. The van der Waals surface area contributed by atoms with Gasteiger partial charge >= 0.3 is 0 Å². The number of rotatable bonds is 4. The Hall–Kier alpha value is -1.79. The van der Waals surface area contributed by atoms with Crippen molar-refractivity contribution in [1.29, 1.82) is 0 Å². The van der Waals surface area contributed by atoms with Crippen molar-refractivity contribution in [3.8, 4) is 5.75 Å². The van der Waals surface area contributed by atoms with Crippen LogP contribution in [0.25, 0.3) is 6.08 Å². The molecule has 1 aliphatic rings. The summed E-state index contributed by atoms with van der Waals surface area (Å²) in [7, 11) is 5.20. The van der Waals surface area contributed by atoms with E-state index >= 15 is 0 Å². The fourth-order valence-corrected chi connectivity index (χ4v) is 2.65. The van der Waals surface area contributed by atoms with Crippen LogP contribution in [0.15, 0.2) is 29.2 Å². The number of nitrogens with zero attached hydrogens (tertiary/aromatic N) is 2. The van der Waals surface area contributed by atoms with E-state index in [4.69, 9.17) is 4.74 Å². The molecule has 1 heterocycles. The van der Waals surface area contributed by atoms with E-state index in [9.17, 15) is 9.59 Å². The molecule has 0 bridgehead atoms. The normalized spacial score (nSPS) is 17.4. The summed E-state index contributed by atoms with van der Waals surface area (Å²) in [6.07, 6.45) is 1.69. The Balaban J connectivity index is 2.28. The molecule has 1 aliphatic heterocycles. The molecule has 0 atom stereocenters. The predicted octanol–water partition coefficient (Wildman–Crippen LogP) is 2.25. The van der Waals surface area contributed by atoms with Gasteiger partial charge in [0.15, 0.2) is 0 Å². The van der Waals surface area contributed by atoms with Gasteiger partial charge in [-0.3, -0.25) is 19.4 Å². The van der Waals surface area contributed by atoms with Crippen molar-refractivity contribution in [2.75, 3.05) is 27.9 Å². The number of ether oxygens (including phenoxy) is 1. The molecule has 1 aromatic rings. The predicted molar refractivity (Wildman–Crippen MR) is 79.4 cm³/mol. The van der Waals surface area contributed by atoms with Crippen molar-refractivity contribution in [2.24, 2.45) is 0 Å². The van der Waals surface area contributed by atoms with E-state index in [2.05, 4.69) is 0 Å². The number of amides is 2.